The number of amides is 3. The van der Waals surface area contributed by atoms with E-state index in [0.29, 0.717) is 18.2 Å². The molecule has 0 aromatic heterocycles. The molecule has 0 bridgehead atoms. The first-order valence-corrected chi connectivity index (χ1v) is 7.47. The molecule has 1 aromatic rings. The maximum Gasteiger partial charge on any atom is 0.315 e. The van der Waals surface area contributed by atoms with E-state index in [1.54, 1.807) is 0 Å². The minimum Gasteiger partial charge on any atom is -0.378 e. The standard InChI is InChI=1S/C16H26N4O2/c1-12(2)9-10-17-16(22)18-11-15(21)19-13-5-7-14(8-6-13)20(3)4/h5-8,12H,9-11H2,1-4H3,(H,19,21)(H2,17,18,22). The third kappa shape index (κ3) is 6.97. The van der Waals surface area contributed by atoms with Crippen molar-refractivity contribution in [2.75, 3.05) is 37.4 Å². The summed E-state index contributed by atoms with van der Waals surface area (Å²) >= 11 is 0. The van der Waals surface area contributed by atoms with Crippen LogP contribution in [0.2, 0.25) is 0 Å². The van der Waals surface area contributed by atoms with Crippen LogP contribution >= 0.6 is 0 Å². The Balaban J connectivity index is 2.29. The summed E-state index contributed by atoms with van der Waals surface area (Å²) in [6, 6.07) is 7.17. The normalized spacial score (nSPS) is 10.2. The van der Waals surface area contributed by atoms with Gasteiger partial charge in [0.15, 0.2) is 0 Å². The van der Waals surface area contributed by atoms with Gasteiger partial charge in [-0.05, 0) is 36.6 Å². The zero-order valence-electron chi connectivity index (χ0n) is 13.8. The summed E-state index contributed by atoms with van der Waals surface area (Å²) in [4.78, 5) is 25.2. The molecule has 1 aromatic carbocycles. The van der Waals surface area contributed by atoms with Gasteiger partial charge in [-0.3, -0.25) is 4.79 Å². The van der Waals surface area contributed by atoms with E-state index >= 15 is 0 Å². The first-order valence-electron chi connectivity index (χ1n) is 7.47. The van der Waals surface area contributed by atoms with Gasteiger partial charge in [0.25, 0.3) is 0 Å². The molecule has 6 heteroatoms. The van der Waals surface area contributed by atoms with Gasteiger partial charge < -0.3 is 20.9 Å². The highest BCUT2D eigenvalue weighted by molar-refractivity contribution is 5.94. The van der Waals surface area contributed by atoms with Crippen LogP contribution in [-0.4, -0.2) is 39.1 Å². The third-order valence-corrected chi connectivity index (χ3v) is 3.08. The van der Waals surface area contributed by atoms with E-state index in [-0.39, 0.29) is 18.5 Å². The number of benzene rings is 1. The van der Waals surface area contributed by atoms with Crippen LogP contribution < -0.4 is 20.9 Å². The SMILES string of the molecule is CC(C)CCNC(=O)NCC(=O)Nc1ccc(N(C)C)cc1. The number of rotatable bonds is 7. The van der Waals surface area contributed by atoms with Gasteiger partial charge in [0.05, 0.1) is 6.54 Å². The van der Waals surface area contributed by atoms with Crippen LogP contribution in [0.4, 0.5) is 16.2 Å². The Morgan fingerprint density at radius 3 is 2.27 bits per heavy atom. The van der Waals surface area contributed by atoms with Crippen molar-refractivity contribution < 1.29 is 9.59 Å². The van der Waals surface area contributed by atoms with Gasteiger partial charge in [-0.25, -0.2) is 4.79 Å². The highest BCUT2D eigenvalue weighted by Crippen LogP contribution is 2.15. The largest absolute Gasteiger partial charge is 0.378 e. The van der Waals surface area contributed by atoms with Crippen molar-refractivity contribution in [2.45, 2.75) is 20.3 Å². The number of hydrogen-bond acceptors (Lipinski definition) is 3. The third-order valence-electron chi connectivity index (χ3n) is 3.08. The van der Waals surface area contributed by atoms with Crippen molar-refractivity contribution in [3.63, 3.8) is 0 Å². The van der Waals surface area contributed by atoms with Gasteiger partial charge in [-0.2, -0.15) is 0 Å². The number of anilines is 2. The average Bonchev–Trinajstić information content (AvgIpc) is 2.45. The van der Waals surface area contributed by atoms with Gasteiger partial charge in [0.2, 0.25) is 5.91 Å². The van der Waals surface area contributed by atoms with E-state index in [4.69, 9.17) is 0 Å². The van der Waals surface area contributed by atoms with Crippen LogP contribution in [0.1, 0.15) is 20.3 Å². The van der Waals surface area contributed by atoms with Crippen molar-refractivity contribution in [1.82, 2.24) is 10.6 Å². The van der Waals surface area contributed by atoms with E-state index in [0.717, 1.165) is 12.1 Å². The lowest BCUT2D eigenvalue weighted by atomic mass is 10.1. The Kier molecular flexibility index (Phi) is 7.22. The Labute approximate surface area is 132 Å². The molecular weight excluding hydrogens is 280 g/mol. The van der Waals surface area contributed by atoms with Gasteiger partial charge in [0, 0.05) is 32.0 Å². The van der Waals surface area contributed by atoms with Crippen LogP contribution in [0.5, 0.6) is 0 Å². The summed E-state index contributed by atoms with van der Waals surface area (Å²) < 4.78 is 0. The van der Waals surface area contributed by atoms with Gasteiger partial charge in [-0.1, -0.05) is 13.8 Å². The highest BCUT2D eigenvalue weighted by atomic mass is 16.2. The number of hydrogen-bond donors (Lipinski definition) is 3. The summed E-state index contributed by atoms with van der Waals surface area (Å²) in [5.41, 5.74) is 1.76. The summed E-state index contributed by atoms with van der Waals surface area (Å²) in [7, 11) is 3.91. The predicted molar refractivity (Wildman–Crippen MR) is 90.3 cm³/mol. The van der Waals surface area contributed by atoms with Crippen LogP contribution in [0, 0.1) is 5.92 Å². The maximum atomic E-state index is 11.8. The number of nitrogens with one attached hydrogen (secondary N) is 3. The summed E-state index contributed by atoms with van der Waals surface area (Å²) in [6.45, 7) is 4.74. The maximum absolute atomic E-state index is 11.8. The first-order chi connectivity index (χ1) is 10.4. The summed E-state index contributed by atoms with van der Waals surface area (Å²) in [5.74, 6) is 0.283. The molecule has 0 atom stereocenters. The van der Waals surface area contributed by atoms with Crippen LogP contribution in [-0.2, 0) is 4.79 Å². The van der Waals surface area contributed by atoms with E-state index < -0.39 is 0 Å². The van der Waals surface area contributed by atoms with E-state index in [9.17, 15) is 9.59 Å². The Bertz CT molecular complexity index is 483. The number of urea groups is 1. The number of carbonyl (C=O) groups is 2. The molecule has 0 unspecified atom stereocenters. The average molecular weight is 306 g/mol. The lowest BCUT2D eigenvalue weighted by Gasteiger charge is -2.13. The van der Waals surface area contributed by atoms with Crippen molar-refractivity contribution in [2.24, 2.45) is 5.92 Å². The van der Waals surface area contributed by atoms with Crippen molar-refractivity contribution in [3.8, 4) is 0 Å². The molecule has 0 aliphatic rings. The molecule has 0 radical (unpaired) electrons. The molecule has 3 amide bonds. The molecule has 0 aliphatic carbocycles. The van der Waals surface area contributed by atoms with Crippen molar-refractivity contribution >= 4 is 23.3 Å². The fourth-order valence-electron chi connectivity index (χ4n) is 1.75. The summed E-state index contributed by atoms with van der Waals surface area (Å²) in [6.07, 6.45) is 0.915. The molecule has 3 N–H and O–H groups in total. The highest BCUT2D eigenvalue weighted by Gasteiger charge is 2.06. The monoisotopic (exact) mass is 306 g/mol. The minimum atomic E-state index is -0.321. The quantitative estimate of drug-likeness (QED) is 0.722. The van der Waals surface area contributed by atoms with Crippen LogP contribution in [0.3, 0.4) is 0 Å². The predicted octanol–water partition coefficient (Wildman–Crippen LogP) is 2.04. The zero-order valence-corrected chi connectivity index (χ0v) is 13.8. The van der Waals surface area contributed by atoms with E-state index in [1.165, 1.54) is 0 Å². The lowest BCUT2D eigenvalue weighted by Crippen LogP contribution is -2.40. The van der Waals surface area contributed by atoms with Gasteiger partial charge in [0.1, 0.15) is 0 Å². The number of carbonyl (C=O) groups excluding carboxylic acids is 2. The molecule has 0 aliphatic heterocycles. The van der Waals surface area contributed by atoms with Gasteiger partial charge in [-0.15, -0.1) is 0 Å². The Morgan fingerprint density at radius 1 is 1.09 bits per heavy atom. The topological polar surface area (TPSA) is 73.5 Å². The second-order valence-corrected chi connectivity index (χ2v) is 5.78. The zero-order chi connectivity index (χ0) is 16.5. The second-order valence-electron chi connectivity index (χ2n) is 5.78. The fourth-order valence-corrected chi connectivity index (χ4v) is 1.75. The molecule has 0 spiro atoms. The minimum absolute atomic E-state index is 0.0526. The Hall–Kier alpha value is -2.24. The molecule has 0 saturated carbocycles. The van der Waals surface area contributed by atoms with Crippen molar-refractivity contribution in [3.05, 3.63) is 24.3 Å². The molecule has 22 heavy (non-hydrogen) atoms. The van der Waals surface area contributed by atoms with E-state index in [2.05, 4.69) is 29.8 Å². The smallest absolute Gasteiger partial charge is 0.315 e. The van der Waals surface area contributed by atoms with Crippen molar-refractivity contribution in [1.29, 1.82) is 0 Å². The van der Waals surface area contributed by atoms with Crippen LogP contribution in [0.25, 0.3) is 0 Å². The van der Waals surface area contributed by atoms with Crippen LogP contribution in [0.15, 0.2) is 24.3 Å². The molecule has 122 valence electrons. The molecule has 0 saturated heterocycles. The molecule has 0 fully saturated rings. The van der Waals surface area contributed by atoms with Gasteiger partial charge >= 0.3 is 6.03 Å². The van der Waals surface area contributed by atoms with E-state index in [1.807, 2.05) is 43.3 Å². The fraction of sp³-hybridized carbons (Fsp3) is 0.500. The first kappa shape index (κ1) is 17.8. The molecule has 1 rings (SSSR count). The summed E-state index contributed by atoms with van der Waals surface area (Å²) in [5, 5.41) is 7.99. The molecular formula is C16H26N4O2. The second kappa shape index (κ2) is 8.92. The Morgan fingerprint density at radius 2 is 1.73 bits per heavy atom. The lowest BCUT2D eigenvalue weighted by molar-refractivity contribution is -0.115. The molecule has 0 heterocycles. The number of nitrogens with zero attached hydrogens (tertiary/aromatic N) is 1. The molecule has 6 nitrogen and oxygen atoms in total.